The van der Waals surface area contributed by atoms with Gasteiger partial charge in [0.25, 0.3) is 0 Å². The maximum absolute atomic E-state index is 8.59. The van der Waals surface area contributed by atoms with E-state index in [9.17, 15) is 0 Å². The summed E-state index contributed by atoms with van der Waals surface area (Å²) in [5, 5.41) is 25.3. The van der Waals surface area contributed by atoms with E-state index in [0.717, 1.165) is 0 Å². The van der Waals surface area contributed by atoms with Gasteiger partial charge in [-0.3, -0.25) is 0 Å². The molecule has 0 fully saturated rings. The van der Waals surface area contributed by atoms with Gasteiger partial charge < -0.3 is 21.1 Å². The Morgan fingerprint density at radius 1 is 1.22 bits per heavy atom. The lowest BCUT2D eigenvalue weighted by Gasteiger charge is -2.11. The van der Waals surface area contributed by atoms with Gasteiger partial charge in [-0.1, -0.05) is 0 Å². The summed E-state index contributed by atoms with van der Waals surface area (Å²) in [6.45, 7) is -0.472. The average molecular weight is 202 g/mol. The largest absolute Gasteiger partial charge is 0.394 e. The van der Waals surface area contributed by atoms with E-state index in [1.807, 2.05) is 0 Å². The number of hydrogen-bond acceptors (Lipinski definition) is 4. The van der Waals surface area contributed by atoms with Gasteiger partial charge in [0.15, 0.2) is 0 Å². The molecule has 0 aromatic rings. The Bertz CT molecular complexity index is 55.8. The van der Waals surface area contributed by atoms with E-state index in [4.69, 9.17) is 21.1 Å². The summed E-state index contributed by atoms with van der Waals surface area (Å²) in [6.07, 6.45) is -2.10. The first-order valence-electron chi connectivity index (χ1n) is 2.39. The standard InChI is InChI=1S/C4H11NO3.BrH/c5-1-3(7)4(8)2-6;/h3-4,6-8H,1-2,5H2;1H/t3-,4+;/m1./s1. The lowest BCUT2D eigenvalue weighted by molar-refractivity contribution is -0.00894. The van der Waals surface area contributed by atoms with Crippen molar-refractivity contribution in [3.8, 4) is 0 Å². The molecule has 0 spiro atoms. The van der Waals surface area contributed by atoms with Gasteiger partial charge in [-0.25, -0.2) is 0 Å². The number of aliphatic hydroxyl groups is 3. The van der Waals surface area contributed by atoms with E-state index >= 15 is 0 Å². The highest BCUT2D eigenvalue weighted by Crippen LogP contribution is 1.87. The topological polar surface area (TPSA) is 86.7 Å². The Balaban J connectivity index is 0. The van der Waals surface area contributed by atoms with E-state index < -0.39 is 18.8 Å². The molecular weight excluding hydrogens is 190 g/mol. The van der Waals surface area contributed by atoms with Crippen molar-refractivity contribution < 1.29 is 15.3 Å². The fraction of sp³-hybridized carbons (Fsp3) is 1.00. The Morgan fingerprint density at radius 3 is 1.78 bits per heavy atom. The molecule has 0 bridgehead atoms. The third-order valence-corrected chi connectivity index (χ3v) is 0.873. The second-order valence-corrected chi connectivity index (χ2v) is 1.55. The zero-order valence-corrected chi connectivity index (χ0v) is 6.61. The van der Waals surface area contributed by atoms with Gasteiger partial charge in [0, 0.05) is 6.54 Å². The normalized spacial score (nSPS) is 16.0. The lowest BCUT2D eigenvalue weighted by atomic mass is 10.2. The third kappa shape index (κ3) is 4.80. The predicted molar refractivity (Wildman–Crippen MR) is 38.5 cm³/mol. The van der Waals surface area contributed by atoms with Crippen LogP contribution < -0.4 is 5.73 Å². The molecule has 0 rings (SSSR count). The van der Waals surface area contributed by atoms with Crippen LogP contribution in [0.5, 0.6) is 0 Å². The van der Waals surface area contributed by atoms with E-state index in [2.05, 4.69) is 0 Å². The average Bonchev–Trinajstić information content (AvgIpc) is 1.84. The van der Waals surface area contributed by atoms with E-state index in [0.29, 0.717) is 0 Å². The quantitative estimate of drug-likeness (QED) is 0.436. The van der Waals surface area contributed by atoms with Gasteiger partial charge >= 0.3 is 0 Å². The lowest BCUT2D eigenvalue weighted by Crippen LogP contribution is -2.35. The fourth-order valence-electron chi connectivity index (χ4n) is 0.279. The highest BCUT2D eigenvalue weighted by atomic mass is 79.9. The molecule has 5 heteroatoms. The SMILES string of the molecule is Br.NC[C@@H](O)[C@@H](O)CO. The molecule has 0 aliphatic heterocycles. The third-order valence-electron chi connectivity index (χ3n) is 0.873. The minimum Gasteiger partial charge on any atom is -0.394 e. The van der Waals surface area contributed by atoms with Crippen molar-refractivity contribution in [2.75, 3.05) is 13.2 Å². The maximum atomic E-state index is 8.59. The molecule has 0 aromatic carbocycles. The first-order chi connectivity index (χ1) is 3.72. The number of rotatable bonds is 3. The molecule has 0 aromatic heterocycles. The second kappa shape index (κ2) is 6.44. The van der Waals surface area contributed by atoms with Crippen molar-refractivity contribution in [1.29, 1.82) is 0 Å². The van der Waals surface area contributed by atoms with Crippen LogP contribution in [0.2, 0.25) is 0 Å². The molecule has 0 radical (unpaired) electrons. The predicted octanol–water partition coefficient (Wildman–Crippen LogP) is -1.76. The van der Waals surface area contributed by atoms with Gasteiger partial charge in [-0.2, -0.15) is 0 Å². The second-order valence-electron chi connectivity index (χ2n) is 1.55. The summed E-state index contributed by atoms with van der Waals surface area (Å²) >= 11 is 0. The monoisotopic (exact) mass is 201 g/mol. The molecular formula is C4H12BrNO3. The minimum atomic E-state index is -1.10. The first kappa shape index (κ1) is 12.0. The Labute approximate surface area is 64.1 Å². The summed E-state index contributed by atoms with van der Waals surface area (Å²) in [4.78, 5) is 0. The molecule has 2 atom stereocenters. The summed E-state index contributed by atoms with van der Waals surface area (Å²) in [5.74, 6) is 0. The van der Waals surface area contributed by atoms with Crippen molar-refractivity contribution in [3.05, 3.63) is 0 Å². The van der Waals surface area contributed by atoms with Crippen LogP contribution in [0.25, 0.3) is 0 Å². The van der Waals surface area contributed by atoms with Crippen molar-refractivity contribution in [1.82, 2.24) is 0 Å². The van der Waals surface area contributed by atoms with Gasteiger partial charge in [-0.05, 0) is 0 Å². The molecule has 58 valence electrons. The molecule has 0 heterocycles. The number of nitrogens with two attached hydrogens (primary N) is 1. The first-order valence-corrected chi connectivity index (χ1v) is 2.39. The summed E-state index contributed by atoms with van der Waals surface area (Å²) in [5.41, 5.74) is 4.93. The van der Waals surface area contributed by atoms with Gasteiger partial charge in [0.05, 0.1) is 12.7 Å². The summed E-state index contributed by atoms with van der Waals surface area (Å²) in [6, 6.07) is 0. The summed E-state index contributed by atoms with van der Waals surface area (Å²) < 4.78 is 0. The molecule has 0 aliphatic carbocycles. The van der Waals surface area contributed by atoms with Gasteiger partial charge in [0.2, 0.25) is 0 Å². The van der Waals surface area contributed by atoms with E-state index in [-0.39, 0.29) is 23.5 Å². The maximum Gasteiger partial charge on any atom is 0.104 e. The zero-order valence-electron chi connectivity index (χ0n) is 4.90. The molecule has 0 amide bonds. The van der Waals surface area contributed by atoms with Gasteiger partial charge in [0.1, 0.15) is 6.10 Å². The smallest absolute Gasteiger partial charge is 0.104 e. The van der Waals surface area contributed by atoms with Crippen molar-refractivity contribution >= 4 is 17.0 Å². The Kier molecular flexibility index (Phi) is 8.62. The van der Waals surface area contributed by atoms with Crippen LogP contribution >= 0.6 is 17.0 Å². The van der Waals surface area contributed by atoms with E-state index in [1.54, 1.807) is 0 Å². The van der Waals surface area contributed by atoms with Crippen LogP contribution in [0.4, 0.5) is 0 Å². The molecule has 0 saturated carbocycles. The molecule has 0 aliphatic rings. The fourth-order valence-corrected chi connectivity index (χ4v) is 0.279. The number of hydrogen-bond donors (Lipinski definition) is 4. The molecule has 0 saturated heterocycles. The zero-order chi connectivity index (χ0) is 6.57. The van der Waals surface area contributed by atoms with Crippen LogP contribution in [0.3, 0.4) is 0 Å². The Morgan fingerprint density at radius 2 is 1.67 bits per heavy atom. The van der Waals surface area contributed by atoms with Crippen LogP contribution in [-0.4, -0.2) is 40.7 Å². The van der Waals surface area contributed by atoms with Crippen LogP contribution in [0, 0.1) is 0 Å². The molecule has 4 nitrogen and oxygen atoms in total. The van der Waals surface area contributed by atoms with Crippen molar-refractivity contribution in [2.24, 2.45) is 5.73 Å². The number of aliphatic hydroxyl groups excluding tert-OH is 3. The van der Waals surface area contributed by atoms with E-state index in [1.165, 1.54) is 0 Å². The highest BCUT2D eigenvalue weighted by molar-refractivity contribution is 8.93. The Hall–Kier alpha value is 0.320. The van der Waals surface area contributed by atoms with Crippen LogP contribution in [0.1, 0.15) is 0 Å². The number of halogens is 1. The highest BCUT2D eigenvalue weighted by Gasteiger charge is 2.11. The molecule has 9 heavy (non-hydrogen) atoms. The van der Waals surface area contributed by atoms with Crippen LogP contribution in [0.15, 0.2) is 0 Å². The molecule has 5 N–H and O–H groups in total. The summed E-state index contributed by atoms with van der Waals surface area (Å²) in [7, 11) is 0. The van der Waals surface area contributed by atoms with Crippen molar-refractivity contribution in [2.45, 2.75) is 12.2 Å². The van der Waals surface area contributed by atoms with Gasteiger partial charge in [-0.15, -0.1) is 17.0 Å². The molecule has 0 unspecified atom stereocenters. The minimum absolute atomic E-state index is 0. The van der Waals surface area contributed by atoms with Crippen LogP contribution in [-0.2, 0) is 0 Å². The van der Waals surface area contributed by atoms with Crippen molar-refractivity contribution in [3.63, 3.8) is 0 Å².